The van der Waals surface area contributed by atoms with E-state index in [1.807, 2.05) is 0 Å². The van der Waals surface area contributed by atoms with Gasteiger partial charge in [0.2, 0.25) is 15.9 Å². The topological polar surface area (TPSA) is 66.5 Å². The van der Waals surface area contributed by atoms with Crippen LogP contribution in [0.4, 0.5) is 4.39 Å². The third kappa shape index (κ3) is 7.43. The predicted molar refractivity (Wildman–Crippen MR) is 112 cm³/mol. The summed E-state index contributed by atoms with van der Waals surface area (Å²) in [6.45, 7) is 0.0949. The summed E-state index contributed by atoms with van der Waals surface area (Å²) >= 11 is 7.57. The van der Waals surface area contributed by atoms with Gasteiger partial charge in [0.1, 0.15) is 5.82 Å². The van der Waals surface area contributed by atoms with E-state index in [0.29, 0.717) is 34.2 Å². The van der Waals surface area contributed by atoms with E-state index >= 15 is 0 Å². The Bertz CT molecular complexity index is 910. The minimum atomic E-state index is -3.58. The third-order valence-electron chi connectivity index (χ3n) is 3.88. The molecule has 2 aromatic rings. The minimum absolute atomic E-state index is 0.0218. The number of sulfonamides is 1. The first kappa shape index (κ1) is 22.7. The van der Waals surface area contributed by atoms with Crippen LogP contribution in [0.3, 0.4) is 0 Å². The van der Waals surface area contributed by atoms with Gasteiger partial charge in [-0.1, -0.05) is 48.0 Å². The highest BCUT2D eigenvalue weighted by Gasteiger charge is 2.21. The molecule has 0 aliphatic rings. The highest BCUT2D eigenvalue weighted by molar-refractivity contribution is 7.98. The van der Waals surface area contributed by atoms with Crippen molar-refractivity contribution in [1.82, 2.24) is 9.62 Å². The van der Waals surface area contributed by atoms with Crippen LogP contribution in [0.25, 0.3) is 0 Å². The number of halogens is 2. The summed E-state index contributed by atoms with van der Waals surface area (Å²) in [6.07, 6.45) is 1.06. The van der Waals surface area contributed by atoms with Crippen LogP contribution in [0.15, 0.2) is 48.5 Å². The first-order chi connectivity index (χ1) is 13.3. The van der Waals surface area contributed by atoms with Gasteiger partial charge in [-0.15, -0.1) is 0 Å². The molecule has 0 spiro atoms. The van der Waals surface area contributed by atoms with E-state index in [9.17, 15) is 17.6 Å². The lowest BCUT2D eigenvalue weighted by Crippen LogP contribution is -2.40. The van der Waals surface area contributed by atoms with Crippen molar-refractivity contribution < 1.29 is 17.6 Å². The van der Waals surface area contributed by atoms with Crippen LogP contribution in [0.5, 0.6) is 0 Å². The normalized spacial score (nSPS) is 11.6. The smallest absolute Gasteiger partial charge is 0.235 e. The summed E-state index contributed by atoms with van der Waals surface area (Å²) < 4.78 is 38.6. The highest BCUT2D eigenvalue weighted by atomic mass is 35.5. The number of benzene rings is 2. The first-order valence-electron chi connectivity index (χ1n) is 8.53. The van der Waals surface area contributed by atoms with E-state index in [2.05, 4.69) is 5.32 Å². The van der Waals surface area contributed by atoms with E-state index < -0.39 is 15.9 Å². The van der Waals surface area contributed by atoms with Gasteiger partial charge in [-0.2, -0.15) is 16.1 Å². The Balaban J connectivity index is 1.80. The van der Waals surface area contributed by atoms with E-state index in [0.717, 1.165) is 10.6 Å². The first-order valence-corrected chi connectivity index (χ1v) is 11.9. The van der Waals surface area contributed by atoms with Crippen molar-refractivity contribution in [1.29, 1.82) is 0 Å². The molecule has 0 saturated heterocycles. The van der Waals surface area contributed by atoms with Crippen LogP contribution < -0.4 is 5.32 Å². The van der Waals surface area contributed by atoms with E-state index in [1.165, 1.54) is 17.8 Å². The molecule has 0 fully saturated rings. The van der Waals surface area contributed by atoms with Crippen LogP contribution in [0, 0.1) is 5.82 Å². The largest absolute Gasteiger partial charge is 0.354 e. The number of hydrogen-bond acceptors (Lipinski definition) is 4. The summed E-state index contributed by atoms with van der Waals surface area (Å²) in [4.78, 5) is 12.1. The van der Waals surface area contributed by atoms with E-state index in [1.54, 1.807) is 42.5 Å². The van der Waals surface area contributed by atoms with E-state index in [-0.39, 0.29) is 18.9 Å². The molecule has 28 heavy (non-hydrogen) atoms. The van der Waals surface area contributed by atoms with Gasteiger partial charge in [-0.3, -0.25) is 4.79 Å². The molecular weight excluding hydrogens is 423 g/mol. The molecule has 0 saturated carbocycles. The zero-order valence-corrected chi connectivity index (χ0v) is 17.8. The van der Waals surface area contributed by atoms with Gasteiger partial charge in [-0.05, 0) is 23.3 Å². The molecule has 5 nitrogen and oxygen atoms in total. The van der Waals surface area contributed by atoms with Gasteiger partial charge >= 0.3 is 0 Å². The highest BCUT2D eigenvalue weighted by Crippen LogP contribution is 2.18. The standard InChI is InChI=1S/C19H22ClFN2O3S2/c1-28(25,26)23(12-15-6-2-4-8-17(15)20)13-19(24)22-10-11-27-14-16-7-3-5-9-18(16)21/h2-9H,10-14H2,1H3,(H,22,24). The molecule has 1 N–H and O–H groups in total. The van der Waals surface area contributed by atoms with Gasteiger partial charge in [0.15, 0.2) is 0 Å². The van der Waals surface area contributed by atoms with Gasteiger partial charge in [0.05, 0.1) is 12.8 Å². The molecule has 0 aliphatic heterocycles. The Morgan fingerprint density at radius 3 is 2.43 bits per heavy atom. The molecular formula is C19H22ClFN2O3S2. The predicted octanol–water partition coefficient (Wildman–Crippen LogP) is 3.29. The fourth-order valence-corrected chi connectivity index (χ4v) is 4.15. The van der Waals surface area contributed by atoms with Gasteiger partial charge < -0.3 is 5.32 Å². The number of hydrogen-bond donors (Lipinski definition) is 1. The fourth-order valence-electron chi connectivity index (χ4n) is 2.38. The van der Waals surface area contributed by atoms with Gasteiger partial charge in [0, 0.05) is 29.6 Å². The Morgan fingerprint density at radius 2 is 1.79 bits per heavy atom. The molecule has 2 rings (SSSR count). The number of carbonyl (C=O) groups excluding carboxylic acids is 1. The lowest BCUT2D eigenvalue weighted by Gasteiger charge is -2.20. The summed E-state index contributed by atoms with van der Waals surface area (Å²) in [6, 6.07) is 13.5. The van der Waals surface area contributed by atoms with Gasteiger partial charge in [0.25, 0.3) is 0 Å². The monoisotopic (exact) mass is 444 g/mol. The third-order valence-corrected chi connectivity index (χ3v) is 6.45. The number of thioether (sulfide) groups is 1. The molecule has 2 aromatic carbocycles. The van der Waals surface area contributed by atoms with Crippen LogP contribution >= 0.6 is 23.4 Å². The molecule has 0 bridgehead atoms. The lowest BCUT2D eigenvalue weighted by atomic mass is 10.2. The van der Waals surface area contributed by atoms with Crippen molar-refractivity contribution in [2.75, 3.05) is 25.1 Å². The van der Waals surface area contributed by atoms with Crippen molar-refractivity contribution in [2.24, 2.45) is 0 Å². The average molecular weight is 445 g/mol. The molecule has 152 valence electrons. The van der Waals surface area contributed by atoms with Crippen molar-refractivity contribution in [3.63, 3.8) is 0 Å². The zero-order valence-electron chi connectivity index (χ0n) is 15.4. The van der Waals surface area contributed by atoms with Crippen molar-refractivity contribution in [3.05, 3.63) is 70.5 Å². The molecule has 1 amide bonds. The fraction of sp³-hybridized carbons (Fsp3) is 0.316. The molecule has 0 aromatic heterocycles. The molecule has 0 atom stereocenters. The molecule has 0 radical (unpaired) electrons. The zero-order chi connectivity index (χ0) is 20.6. The second-order valence-electron chi connectivity index (χ2n) is 6.12. The van der Waals surface area contributed by atoms with Crippen molar-refractivity contribution in [3.8, 4) is 0 Å². The molecule has 9 heteroatoms. The quantitative estimate of drug-likeness (QED) is 0.571. The van der Waals surface area contributed by atoms with Crippen LogP contribution in [0.1, 0.15) is 11.1 Å². The summed E-state index contributed by atoms with van der Waals surface area (Å²) in [5, 5.41) is 3.14. The second-order valence-corrected chi connectivity index (χ2v) is 9.61. The number of amides is 1. The van der Waals surface area contributed by atoms with Crippen molar-refractivity contribution in [2.45, 2.75) is 12.3 Å². The number of nitrogens with zero attached hydrogens (tertiary/aromatic N) is 1. The Labute approximate surface area is 174 Å². The van der Waals surface area contributed by atoms with Crippen molar-refractivity contribution >= 4 is 39.3 Å². The molecule has 0 unspecified atom stereocenters. The number of carbonyl (C=O) groups is 1. The van der Waals surface area contributed by atoms with E-state index in [4.69, 9.17) is 11.6 Å². The Kier molecular flexibility index (Phi) is 8.75. The Morgan fingerprint density at radius 1 is 1.14 bits per heavy atom. The number of rotatable bonds is 10. The molecule has 0 heterocycles. The second kappa shape index (κ2) is 10.8. The average Bonchev–Trinajstić information content (AvgIpc) is 2.63. The maximum Gasteiger partial charge on any atom is 0.235 e. The number of nitrogens with one attached hydrogen (secondary N) is 1. The minimum Gasteiger partial charge on any atom is -0.354 e. The summed E-state index contributed by atoms with van der Waals surface area (Å²) in [5.74, 6) is 0.444. The van der Waals surface area contributed by atoms with Crippen LogP contribution in [-0.4, -0.2) is 43.7 Å². The van der Waals surface area contributed by atoms with Gasteiger partial charge in [-0.25, -0.2) is 12.8 Å². The maximum atomic E-state index is 13.5. The lowest BCUT2D eigenvalue weighted by molar-refractivity contribution is -0.121. The maximum absolute atomic E-state index is 13.5. The summed E-state index contributed by atoms with van der Waals surface area (Å²) in [7, 11) is -3.58. The van der Waals surface area contributed by atoms with Crippen LogP contribution in [-0.2, 0) is 27.1 Å². The SMILES string of the molecule is CS(=O)(=O)N(CC(=O)NCCSCc1ccccc1F)Cc1ccccc1Cl. The van der Waals surface area contributed by atoms with Crippen LogP contribution in [0.2, 0.25) is 5.02 Å². The molecule has 0 aliphatic carbocycles. The Hall–Kier alpha value is -1.61. The summed E-state index contributed by atoms with van der Waals surface area (Å²) in [5.41, 5.74) is 1.24.